The van der Waals surface area contributed by atoms with Crippen molar-refractivity contribution in [1.82, 2.24) is 5.32 Å². The van der Waals surface area contributed by atoms with Crippen molar-refractivity contribution in [3.05, 3.63) is 0 Å². The molecule has 2 atom stereocenters. The van der Waals surface area contributed by atoms with Crippen LogP contribution in [0.3, 0.4) is 0 Å². The fourth-order valence-electron chi connectivity index (χ4n) is 2.07. The largest absolute Gasteiger partial charge is 0.310 e. The Labute approximate surface area is 61.0 Å². The second-order valence-corrected chi connectivity index (χ2v) is 3.44. The van der Waals surface area contributed by atoms with E-state index in [1.54, 1.807) is 0 Å². The lowest BCUT2D eigenvalue weighted by Gasteiger charge is -2.34. The summed E-state index contributed by atoms with van der Waals surface area (Å²) in [7, 11) is 0. The van der Waals surface area contributed by atoms with E-state index in [1.165, 1.54) is 19.3 Å². The minimum atomic E-state index is 0.466. The van der Waals surface area contributed by atoms with Crippen molar-refractivity contribution >= 4 is 5.78 Å². The SMILES string of the molecule is O=C1C[C@H]2CCC[C@@H](C1)N2. The highest BCUT2D eigenvalue weighted by atomic mass is 16.1. The van der Waals surface area contributed by atoms with Gasteiger partial charge < -0.3 is 5.32 Å². The Morgan fingerprint density at radius 1 is 1.20 bits per heavy atom. The lowest BCUT2D eigenvalue weighted by molar-refractivity contribution is -0.122. The van der Waals surface area contributed by atoms with E-state index < -0.39 is 0 Å². The molecule has 56 valence electrons. The molecule has 0 spiro atoms. The van der Waals surface area contributed by atoms with Gasteiger partial charge in [-0.15, -0.1) is 0 Å². The Morgan fingerprint density at radius 2 is 1.80 bits per heavy atom. The lowest BCUT2D eigenvalue weighted by Crippen LogP contribution is -2.48. The summed E-state index contributed by atoms with van der Waals surface area (Å²) in [5.74, 6) is 0.466. The van der Waals surface area contributed by atoms with Crippen LogP contribution in [0.5, 0.6) is 0 Å². The topological polar surface area (TPSA) is 29.1 Å². The summed E-state index contributed by atoms with van der Waals surface area (Å²) in [6.07, 6.45) is 5.31. The Morgan fingerprint density at radius 3 is 2.40 bits per heavy atom. The maximum Gasteiger partial charge on any atom is 0.136 e. The average Bonchev–Trinajstić information content (AvgIpc) is 1.85. The van der Waals surface area contributed by atoms with Gasteiger partial charge in [0.2, 0.25) is 0 Å². The summed E-state index contributed by atoms with van der Waals surface area (Å²) in [6.45, 7) is 0. The second kappa shape index (κ2) is 2.35. The maximum absolute atomic E-state index is 11.0. The first-order chi connectivity index (χ1) is 4.84. The van der Waals surface area contributed by atoms with Crippen LogP contribution >= 0.6 is 0 Å². The minimum Gasteiger partial charge on any atom is -0.310 e. The molecule has 0 saturated carbocycles. The molecule has 2 nitrogen and oxygen atoms in total. The monoisotopic (exact) mass is 139 g/mol. The third-order valence-electron chi connectivity index (χ3n) is 2.52. The van der Waals surface area contributed by atoms with Gasteiger partial charge in [-0.25, -0.2) is 0 Å². The van der Waals surface area contributed by atoms with Gasteiger partial charge in [-0.1, -0.05) is 6.42 Å². The molecule has 10 heavy (non-hydrogen) atoms. The van der Waals surface area contributed by atoms with E-state index in [4.69, 9.17) is 0 Å². The molecule has 0 aromatic carbocycles. The molecular formula is C8H13NO. The van der Waals surface area contributed by atoms with E-state index in [-0.39, 0.29) is 0 Å². The van der Waals surface area contributed by atoms with E-state index in [2.05, 4.69) is 5.32 Å². The fourth-order valence-corrected chi connectivity index (χ4v) is 2.07. The molecule has 2 rings (SSSR count). The summed E-state index contributed by atoms with van der Waals surface area (Å²) in [5, 5.41) is 3.46. The summed E-state index contributed by atoms with van der Waals surface area (Å²) in [4.78, 5) is 11.0. The summed E-state index contributed by atoms with van der Waals surface area (Å²) >= 11 is 0. The third kappa shape index (κ3) is 1.08. The molecule has 2 aliphatic rings. The van der Waals surface area contributed by atoms with Gasteiger partial charge in [0.15, 0.2) is 0 Å². The van der Waals surface area contributed by atoms with E-state index >= 15 is 0 Å². The molecule has 0 aliphatic carbocycles. The first kappa shape index (κ1) is 6.35. The van der Waals surface area contributed by atoms with Crippen LogP contribution in [0.2, 0.25) is 0 Å². The number of rotatable bonds is 0. The van der Waals surface area contributed by atoms with Crippen LogP contribution in [0.25, 0.3) is 0 Å². The van der Waals surface area contributed by atoms with Crippen LogP contribution in [0.1, 0.15) is 32.1 Å². The highest BCUT2D eigenvalue weighted by molar-refractivity contribution is 5.80. The van der Waals surface area contributed by atoms with E-state index in [0.29, 0.717) is 17.9 Å². The average molecular weight is 139 g/mol. The maximum atomic E-state index is 11.0. The molecule has 2 heterocycles. The smallest absolute Gasteiger partial charge is 0.136 e. The number of carbonyl (C=O) groups is 1. The number of carbonyl (C=O) groups excluding carboxylic acids is 1. The van der Waals surface area contributed by atoms with Crippen molar-refractivity contribution in [1.29, 1.82) is 0 Å². The number of fused-ring (bicyclic) bond motifs is 2. The molecule has 0 aromatic heterocycles. The van der Waals surface area contributed by atoms with Crippen LogP contribution in [0.15, 0.2) is 0 Å². The predicted octanol–water partition coefficient (Wildman–Crippen LogP) is 0.860. The number of piperidine rings is 2. The number of hydrogen-bond donors (Lipinski definition) is 1. The molecule has 0 aromatic rings. The van der Waals surface area contributed by atoms with Gasteiger partial charge in [-0.05, 0) is 12.8 Å². The van der Waals surface area contributed by atoms with Gasteiger partial charge in [0.05, 0.1) is 0 Å². The molecule has 0 amide bonds. The van der Waals surface area contributed by atoms with Crippen LogP contribution in [0, 0.1) is 0 Å². The van der Waals surface area contributed by atoms with Gasteiger partial charge in [-0.3, -0.25) is 4.79 Å². The summed E-state index contributed by atoms with van der Waals surface area (Å²) in [6, 6.07) is 1.06. The Hall–Kier alpha value is -0.370. The first-order valence-electron chi connectivity index (χ1n) is 4.12. The van der Waals surface area contributed by atoms with E-state index in [0.717, 1.165) is 12.8 Å². The quantitative estimate of drug-likeness (QED) is 0.539. The van der Waals surface area contributed by atoms with Crippen LogP contribution in [0.4, 0.5) is 0 Å². The second-order valence-electron chi connectivity index (χ2n) is 3.44. The van der Waals surface area contributed by atoms with E-state index in [1.807, 2.05) is 0 Å². The fraction of sp³-hybridized carbons (Fsp3) is 0.875. The minimum absolute atomic E-state index is 0.466. The predicted molar refractivity (Wildman–Crippen MR) is 38.8 cm³/mol. The van der Waals surface area contributed by atoms with Gasteiger partial charge in [0, 0.05) is 24.9 Å². The molecular weight excluding hydrogens is 126 g/mol. The molecule has 2 aliphatic heterocycles. The van der Waals surface area contributed by atoms with Crippen molar-refractivity contribution in [3.63, 3.8) is 0 Å². The molecule has 2 bridgehead atoms. The summed E-state index contributed by atoms with van der Waals surface area (Å²) < 4.78 is 0. The molecule has 0 radical (unpaired) electrons. The standard InChI is InChI=1S/C8H13NO/c10-8-4-6-2-1-3-7(5-8)9-6/h6-7,9H,1-5H2/t6-,7+. The van der Waals surface area contributed by atoms with Gasteiger partial charge in [0.25, 0.3) is 0 Å². The number of nitrogens with one attached hydrogen (secondary N) is 1. The number of hydrogen-bond acceptors (Lipinski definition) is 2. The zero-order valence-corrected chi connectivity index (χ0v) is 6.10. The van der Waals surface area contributed by atoms with Gasteiger partial charge >= 0.3 is 0 Å². The van der Waals surface area contributed by atoms with Crippen LogP contribution in [-0.4, -0.2) is 17.9 Å². The molecule has 0 unspecified atom stereocenters. The highest BCUT2D eigenvalue weighted by Gasteiger charge is 2.29. The van der Waals surface area contributed by atoms with Crippen LogP contribution in [-0.2, 0) is 4.79 Å². The Kier molecular flexibility index (Phi) is 1.49. The Balaban J connectivity index is 2.05. The zero-order chi connectivity index (χ0) is 6.97. The van der Waals surface area contributed by atoms with Crippen LogP contribution < -0.4 is 5.32 Å². The summed E-state index contributed by atoms with van der Waals surface area (Å²) in [5.41, 5.74) is 0. The van der Waals surface area contributed by atoms with Crippen molar-refractivity contribution in [2.24, 2.45) is 0 Å². The molecule has 2 saturated heterocycles. The number of ketones is 1. The van der Waals surface area contributed by atoms with Crippen molar-refractivity contribution in [2.75, 3.05) is 0 Å². The van der Waals surface area contributed by atoms with Crippen molar-refractivity contribution in [2.45, 2.75) is 44.2 Å². The van der Waals surface area contributed by atoms with Crippen molar-refractivity contribution in [3.8, 4) is 0 Å². The van der Waals surface area contributed by atoms with Gasteiger partial charge in [0.1, 0.15) is 5.78 Å². The molecule has 1 N–H and O–H groups in total. The van der Waals surface area contributed by atoms with Crippen molar-refractivity contribution < 1.29 is 4.79 Å². The van der Waals surface area contributed by atoms with E-state index in [9.17, 15) is 4.79 Å². The third-order valence-corrected chi connectivity index (χ3v) is 2.52. The Bertz CT molecular complexity index is 141. The molecule has 2 heteroatoms. The lowest BCUT2D eigenvalue weighted by atomic mass is 9.86. The first-order valence-corrected chi connectivity index (χ1v) is 4.12. The van der Waals surface area contributed by atoms with Gasteiger partial charge in [-0.2, -0.15) is 0 Å². The number of Topliss-reactive ketones (excluding diaryl/α,β-unsaturated/α-hetero) is 1. The molecule has 2 fully saturated rings. The zero-order valence-electron chi connectivity index (χ0n) is 6.10. The normalized spacial score (nSPS) is 39.8. The highest BCUT2D eigenvalue weighted by Crippen LogP contribution is 2.22.